The van der Waals surface area contributed by atoms with Crippen LogP contribution in [0.5, 0.6) is 5.75 Å². The summed E-state index contributed by atoms with van der Waals surface area (Å²) in [5.74, 6) is -1.59. The van der Waals surface area contributed by atoms with Crippen molar-refractivity contribution in [2.24, 2.45) is 0 Å². The van der Waals surface area contributed by atoms with Gasteiger partial charge in [-0.05, 0) is 77.4 Å². The largest absolute Gasteiger partial charge is 0.484 e. The molecule has 8 nitrogen and oxygen atoms in total. The number of carbonyl (C=O) groups excluding carboxylic acids is 2. The summed E-state index contributed by atoms with van der Waals surface area (Å²) in [5, 5.41) is 2.95. The van der Waals surface area contributed by atoms with Gasteiger partial charge in [0.15, 0.2) is 6.61 Å². The fourth-order valence-corrected chi connectivity index (χ4v) is 5.98. The number of ether oxygens (including phenoxy) is 1. The standard InChI is InChI=1S/C37H33F2N3O5S/c38-30-13-11-29(12-14-30)25-42(35(23-27-7-3-1-4-8-27)37(44)40-24-28-9-5-2-6-10-28)36(43)26-47-33-19-21-34(22-20-33)48(45,46)41-32-17-15-31(39)16-18-32/h1-22,35,41H,23-26H2,(H,40,44). The average molecular weight is 670 g/mol. The number of anilines is 1. The Bertz CT molecular complexity index is 1910. The first-order valence-corrected chi connectivity index (χ1v) is 16.6. The van der Waals surface area contributed by atoms with Gasteiger partial charge in [0.1, 0.15) is 23.4 Å². The molecule has 2 amide bonds. The number of nitrogens with one attached hydrogen (secondary N) is 2. The molecule has 0 saturated heterocycles. The predicted octanol–water partition coefficient (Wildman–Crippen LogP) is 6.10. The number of carbonyl (C=O) groups is 2. The second-order valence-electron chi connectivity index (χ2n) is 10.9. The molecule has 246 valence electrons. The third-order valence-electron chi connectivity index (χ3n) is 7.44. The molecule has 5 aromatic rings. The Morgan fingerprint density at radius 3 is 1.85 bits per heavy atom. The van der Waals surface area contributed by atoms with Crippen LogP contribution >= 0.6 is 0 Å². The lowest BCUT2D eigenvalue weighted by Crippen LogP contribution is -2.51. The lowest BCUT2D eigenvalue weighted by Gasteiger charge is -2.31. The highest BCUT2D eigenvalue weighted by atomic mass is 32.2. The SMILES string of the molecule is O=C(NCc1ccccc1)C(Cc1ccccc1)N(Cc1ccc(F)cc1)C(=O)COc1ccc(S(=O)(=O)Nc2ccc(F)cc2)cc1. The number of hydrogen-bond acceptors (Lipinski definition) is 5. The van der Waals surface area contributed by atoms with E-state index in [0.29, 0.717) is 5.56 Å². The highest BCUT2D eigenvalue weighted by molar-refractivity contribution is 7.92. The molecule has 48 heavy (non-hydrogen) atoms. The van der Waals surface area contributed by atoms with E-state index in [1.807, 2.05) is 60.7 Å². The Labute approximate surface area is 278 Å². The van der Waals surface area contributed by atoms with Crippen LogP contribution in [0.25, 0.3) is 0 Å². The van der Waals surface area contributed by atoms with Gasteiger partial charge in [0, 0.05) is 25.2 Å². The molecule has 0 aliphatic rings. The Morgan fingerprint density at radius 1 is 0.688 bits per heavy atom. The van der Waals surface area contributed by atoms with Crippen LogP contribution in [0.2, 0.25) is 0 Å². The summed E-state index contributed by atoms with van der Waals surface area (Å²) >= 11 is 0. The number of sulfonamides is 1. The number of hydrogen-bond donors (Lipinski definition) is 2. The smallest absolute Gasteiger partial charge is 0.261 e. The van der Waals surface area contributed by atoms with Gasteiger partial charge in [-0.25, -0.2) is 17.2 Å². The summed E-state index contributed by atoms with van der Waals surface area (Å²) in [4.78, 5) is 29.0. The van der Waals surface area contributed by atoms with Crippen LogP contribution in [0.3, 0.4) is 0 Å². The molecule has 2 N–H and O–H groups in total. The molecule has 0 aliphatic carbocycles. The number of amides is 2. The minimum Gasteiger partial charge on any atom is -0.484 e. The quantitative estimate of drug-likeness (QED) is 0.149. The Hall–Kier alpha value is -5.55. The first-order valence-electron chi connectivity index (χ1n) is 15.1. The van der Waals surface area contributed by atoms with Crippen LogP contribution in [0, 0.1) is 11.6 Å². The van der Waals surface area contributed by atoms with Gasteiger partial charge < -0.3 is 15.0 Å². The molecule has 0 aromatic heterocycles. The summed E-state index contributed by atoms with van der Waals surface area (Å²) in [6.07, 6.45) is 0.210. The van der Waals surface area contributed by atoms with Crippen molar-refractivity contribution in [1.29, 1.82) is 0 Å². The normalized spacial score (nSPS) is 11.7. The van der Waals surface area contributed by atoms with Crippen LogP contribution < -0.4 is 14.8 Å². The first kappa shape index (κ1) is 33.8. The van der Waals surface area contributed by atoms with Crippen molar-refractivity contribution >= 4 is 27.5 Å². The maximum atomic E-state index is 13.9. The Morgan fingerprint density at radius 2 is 1.25 bits per heavy atom. The van der Waals surface area contributed by atoms with Crippen LogP contribution in [-0.4, -0.2) is 37.8 Å². The minimum atomic E-state index is -3.98. The zero-order chi connectivity index (χ0) is 33.9. The highest BCUT2D eigenvalue weighted by Crippen LogP contribution is 2.21. The summed E-state index contributed by atoms with van der Waals surface area (Å²) in [6, 6.07) is 33.8. The van der Waals surface area contributed by atoms with E-state index in [9.17, 15) is 26.8 Å². The predicted molar refractivity (Wildman–Crippen MR) is 178 cm³/mol. The lowest BCUT2D eigenvalue weighted by atomic mass is 10.0. The summed E-state index contributed by atoms with van der Waals surface area (Å²) in [6.45, 7) is -0.200. The fourth-order valence-electron chi connectivity index (χ4n) is 4.92. The number of nitrogens with zero attached hydrogens (tertiary/aromatic N) is 1. The maximum Gasteiger partial charge on any atom is 0.261 e. The molecule has 0 fully saturated rings. The van der Waals surface area contributed by atoms with Crippen LogP contribution in [-0.2, 0) is 39.1 Å². The van der Waals surface area contributed by atoms with Gasteiger partial charge in [-0.2, -0.15) is 0 Å². The second kappa shape index (κ2) is 15.8. The van der Waals surface area contributed by atoms with Crippen molar-refractivity contribution in [3.8, 4) is 5.75 Å². The molecule has 11 heteroatoms. The fraction of sp³-hybridized carbons (Fsp3) is 0.135. The summed E-state index contributed by atoms with van der Waals surface area (Å²) in [5.41, 5.74) is 2.53. The molecule has 0 heterocycles. The topological polar surface area (TPSA) is 105 Å². The number of rotatable bonds is 14. The molecule has 0 spiro atoms. The molecule has 0 bridgehead atoms. The molecule has 1 atom stereocenters. The van der Waals surface area contributed by atoms with E-state index in [1.165, 1.54) is 53.4 Å². The van der Waals surface area contributed by atoms with Crippen LogP contribution in [0.4, 0.5) is 14.5 Å². The van der Waals surface area contributed by atoms with Crippen molar-refractivity contribution in [3.63, 3.8) is 0 Å². The zero-order valence-electron chi connectivity index (χ0n) is 25.8. The van der Waals surface area contributed by atoms with Gasteiger partial charge >= 0.3 is 0 Å². The van der Waals surface area contributed by atoms with Gasteiger partial charge in [0.2, 0.25) is 5.91 Å². The minimum absolute atomic E-state index is 0.00493. The zero-order valence-corrected chi connectivity index (χ0v) is 26.6. The average Bonchev–Trinajstić information content (AvgIpc) is 3.10. The first-order chi connectivity index (χ1) is 23.2. The molecule has 5 aromatic carbocycles. The third-order valence-corrected chi connectivity index (χ3v) is 8.84. The van der Waals surface area contributed by atoms with Crippen molar-refractivity contribution in [2.75, 3.05) is 11.3 Å². The number of halogens is 2. The third kappa shape index (κ3) is 9.49. The molecular weight excluding hydrogens is 636 g/mol. The van der Waals surface area contributed by atoms with Gasteiger partial charge in [0.25, 0.3) is 15.9 Å². The summed E-state index contributed by atoms with van der Waals surface area (Å²) in [7, 11) is -3.98. The van der Waals surface area contributed by atoms with Crippen molar-refractivity contribution in [3.05, 3.63) is 162 Å². The Kier molecular flexibility index (Phi) is 11.1. The van der Waals surface area contributed by atoms with Gasteiger partial charge in [-0.1, -0.05) is 72.8 Å². The van der Waals surface area contributed by atoms with E-state index in [1.54, 1.807) is 12.1 Å². The molecular formula is C37H33F2N3O5S. The summed E-state index contributed by atoms with van der Waals surface area (Å²) < 4.78 is 60.7. The van der Waals surface area contributed by atoms with Crippen LogP contribution in [0.15, 0.2) is 138 Å². The molecule has 5 rings (SSSR count). The van der Waals surface area contributed by atoms with Crippen molar-refractivity contribution < 1.29 is 31.5 Å². The molecule has 0 aliphatic heterocycles. The van der Waals surface area contributed by atoms with E-state index in [2.05, 4.69) is 10.0 Å². The van der Waals surface area contributed by atoms with Gasteiger partial charge in [-0.15, -0.1) is 0 Å². The van der Waals surface area contributed by atoms with E-state index in [0.717, 1.165) is 23.3 Å². The maximum absolute atomic E-state index is 13.9. The van der Waals surface area contributed by atoms with Crippen molar-refractivity contribution in [2.45, 2.75) is 30.4 Å². The van der Waals surface area contributed by atoms with E-state index in [4.69, 9.17) is 4.74 Å². The second-order valence-corrected chi connectivity index (χ2v) is 12.6. The van der Waals surface area contributed by atoms with E-state index >= 15 is 0 Å². The monoisotopic (exact) mass is 669 g/mol. The van der Waals surface area contributed by atoms with Crippen LogP contribution in [0.1, 0.15) is 16.7 Å². The molecule has 0 saturated carbocycles. The molecule has 1 unspecified atom stereocenters. The molecule has 0 radical (unpaired) electrons. The highest BCUT2D eigenvalue weighted by Gasteiger charge is 2.31. The van der Waals surface area contributed by atoms with E-state index < -0.39 is 40.2 Å². The Balaban J connectivity index is 1.34. The number of benzene rings is 5. The lowest BCUT2D eigenvalue weighted by molar-refractivity contribution is -0.142. The van der Waals surface area contributed by atoms with Crippen molar-refractivity contribution in [1.82, 2.24) is 10.2 Å². The van der Waals surface area contributed by atoms with E-state index in [-0.39, 0.29) is 41.7 Å². The van der Waals surface area contributed by atoms with Gasteiger partial charge in [0.05, 0.1) is 4.90 Å². The van der Waals surface area contributed by atoms with Gasteiger partial charge in [-0.3, -0.25) is 14.3 Å².